The standard InChI is InChI=1S/C18H33N5O7/c1-2-3-4-19-15(24)9-21-7-5-20(10-16(25)26)6-8-22(11-17(27)28)14-23(13-21)12-18(29)30/h2-14H2,1H3,(H,19,24)(H,25,26)(H,27,28)(H,29,30). The molecule has 1 rings (SSSR count). The Morgan fingerprint density at radius 2 is 1.13 bits per heavy atom. The van der Waals surface area contributed by atoms with E-state index in [-0.39, 0.29) is 52.0 Å². The number of carbonyl (C=O) groups is 4. The van der Waals surface area contributed by atoms with E-state index in [0.717, 1.165) is 12.8 Å². The van der Waals surface area contributed by atoms with Crippen LogP contribution in [0.3, 0.4) is 0 Å². The Morgan fingerprint density at radius 1 is 0.700 bits per heavy atom. The molecule has 0 aliphatic carbocycles. The lowest BCUT2D eigenvalue weighted by atomic mass is 10.3. The first-order valence-electron chi connectivity index (χ1n) is 10.0. The Bertz CT molecular complexity index is 589. The summed E-state index contributed by atoms with van der Waals surface area (Å²) in [4.78, 5) is 52.4. The molecule has 1 heterocycles. The van der Waals surface area contributed by atoms with Gasteiger partial charge in [-0.15, -0.1) is 0 Å². The van der Waals surface area contributed by atoms with Gasteiger partial charge < -0.3 is 20.6 Å². The van der Waals surface area contributed by atoms with Crippen LogP contribution in [-0.2, 0) is 19.2 Å². The molecule has 1 aliphatic heterocycles. The quantitative estimate of drug-likeness (QED) is 0.277. The fourth-order valence-electron chi connectivity index (χ4n) is 3.18. The minimum atomic E-state index is -1.06. The molecule has 172 valence electrons. The molecule has 30 heavy (non-hydrogen) atoms. The molecule has 0 aromatic rings. The summed E-state index contributed by atoms with van der Waals surface area (Å²) in [5.74, 6) is -3.29. The summed E-state index contributed by atoms with van der Waals surface area (Å²) >= 11 is 0. The molecule has 0 spiro atoms. The first-order valence-corrected chi connectivity index (χ1v) is 10.0. The van der Waals surface area contributed by atoms with Crippen molar-refractivity contribution in [3.8, 4) is 0 Å². The highest BCUT2D eigenvalue weighted by Gasteiger charge is 2.24. The number of rotatable bonds is 11. The predicted octanol–water partition coefficient (Wildman–Crippen LogP) is -1.71. The van der Waals surface area contributed by atoms with Crippen LogP contribution in [0.4, 0.5) is 0 Å². The van der Waals surface area contributed by atoms with E-state index in [4.69, 9.17) is 10.2 Å². The number of carboxylic acids is 3. The van der Waals surface area contributed by atoms with E-state index >= 15 is 0 Å². The van der Waals surface area contributed by atoms with Crippen LogP contribution in [0.1, 0.15) is 19.8 Å². The summed E-state index contributed by atoms with van der Waals surface area (Å²) in [7, 11) is 0. The van der Waals surface area contributed by atoms with Gasteiger partial charge in [-0.2, -0.15) is 0 Å². The van der Waals surface area contributed by atoms with Crippen molar-refractivity contribution >= 4 is 23.8 Å². The van der Waals surface area contributed by atoms with Gasteiger partial charge in [-0.05, 0) is 6.42 Å². The van der Waals surface area contributed by atoms with Crippen molar-refractivity contribution in [2.24, 2.45) is 0 Å². The molecule has 1 aliphatic rings. The number of nitrogens with one attached hydrogen (secondary N) is 1. The first-order chi connectivity index (χ1) is 14.2. The predicted molar refractivity (Wildman–Crippen MR) is 107 cm³/mol. The van der Waals surface area contributed by atoms with Gasteiger partial charge in [-0.1, -0.05) is 13.3 Å². The first kappa shape index (κ1) is 25.8. The lowest BCUT2D eigenvalue weighted by molar-refractivity contribution is -0.142. The third-order valence-electron chi connectivity index (χ3n) is 4.56. The van der Waals surface area contributed by atoms with Crippen LogP contribution in [0.15, 0.2) is 0 Å². The Balaban J connectivity index is 2.93. The minimum Gasteiger partial charge on any atom is -0.480 e. The Morgan fingerprint density at radius 3 is 1.63 bits per heavy atom. The molecule has 0 aromatic heterocycles. The van der Waals surface area contributed by atoms with E-state index in [9.17, 15) is 24.3 Å². The van der Waals surface area contributed by atoms with Gasteiger partial charge in [0.2, 0.25) is 5.91 Å². The maximum absolute atomic E-state index is 12.3. The average molecular weight is 431 g/mol. The molecule has 0 saturated carbocycles. The number of carbonyl (C=O) groups excluding carboxylic acids is 1. The van der Waals surface area contributed by atoms with Crippen LogP contribution in [0, 0.1) is 0 Å². The largest absolute Gasteiger partial charge is 0.480 e. The van der Waals surface area contributed by atoms with Crippen LogP contribution in [-0.4, -0.2) is 131 Å². The maximum atomic E-state index is 12.3. The van der Waals surface area contributed by atoms with E-state index in [2.05, 4.69) is 5.32 Å². The van der Waals surface area contributed by atoms with Crippen molar-refractivity contribution in [3.05, 3.63) is 0 Å². The highest BCUT2D eigenvalue weighted by molar-refractivity contribution is 5.78. The number of carboxylic acid groups (broad SMARTS) is 3. The van der Waals surface area contributed by atoms with Gasteiger partial charge in [-0.3, -0.25) is 38.8 Å². The van der Waals surface area contributed by atoms with Crippen LogP contribution >= 0.6 is 0 Å². The number of aliphatic carboxylic acids is 3. The molecule has 0 unspecified atom stereocenters. The molecule has 12 nitrogen and oxygen atoms in total. The third-order valence-corrected chi connectivity index (χ3v) is 4.56. The van der Waals surface area contributed by atoms with Gasteiger partial charge in [0, 0.05) is 32.7 Å². The molecule has 1 saturated heterocycles. The lowest BCUT2D eigenvalue weighted by Crippen LogP contribution is -2.54. The third kappa shape index (κ3) is 11.7. The summed E-state index contributed by atoms with van der Waals surface area (Å²) in [5.41, 5.74) is 0. The van der Waals surface area contributed by atoms with Gasteiger partial charge in [0.05, 0.1) is 39.5 Å². The van der Waals surface area contributed by atoms with Crippen LogP contribution in [0.2, 0.25) is 0 Å². The molecule has 0 radical (unpaired) electrons. The number of hydrogen-bond donors (Lipinski definition) is 4. The number of nitrogens with zero attached hydrogens (tertiary/aromatic N) is 4. The summed E-state index contributed by atoms with van der Waals surface area (Å²) in [5, 5.41) is 30.3. The van der Waals surface area contributed by atoms with E-state index in [1.807, 2.05) is 6.92 Å². The summed E-state index contributed by atoms with van der Waals surface area (Å²) in [6.45, 7) is 3.37. The molecular weight excluding hydrogens is 398 g/mol. The molecule has 0 atom stereocenters. The van der Waals surface area contributed by atoms with Crippen molar-refractivity contribution in [1.29, 1.82) is 0 Å². The van der Waals surface area contributed by atoms with Crippen molar-refractivity contribution < 1.29 is 34.5 Å². The fourth-order valence-corrected chi connectivity index (χ4v) is 3.18. The minimum absolute atomic E-state index is 0.0413. The van der Waals surface area contributed by atoms with Gasteiger partial charge in [0.1, 0.15) is 0 Å². The molecule has 1 amide bonds. The van der Waals surface area contributed by atoms with Crippen molar-refractivity contribution in [3.63, 3.8) is 0 Å². The highest BCUT2D eigenvalue weighted by Crippen LogP contribution is 2.04. The van der Waals surface area contributed by atoms with Crippen molar-refractivity contribution in [1.82, 2.24) is 24.9 Å². The van der Waals surface area contributed by atoms with E-state index < -0.39 is 17.9 Å². The fraction of sp³-hybridized carbons (Fsp3) is 0.778. The summed E-state index contributed by atoms with van der Waals surface area (Å²) < 4.78 is 0. The second kappa shape index (κ2) is 13.9. The maximum Gasteiger partial charge on any atom is 0.317 e. The lowest BCUT2D eigenvalue weighted by Gasteiger charge is -2.36. The second-order valence-corrected chi connectivity index (χ2v) is 7.38. The van der Waals surface area contributed by atoms with Gasteiger partial charge >= 0.3 is 17.9 Å². The van der Waals surface area contributed by atoms with Crippen LogP contribution in [0.25, 0.3) is 0 Å². The highest BCUT2D eigenvalue weighted by atomic mass is 16.4. The molecular formula is C18H33N5O7. The van der Waals surface area contributed by atoms with Gasteiger partial charge in [-0.25, -0.2) is 0 Å². The smallest absolute Gasteiger partial charge is 0.317 e. The zero-order valence-corrected chi connectivity index (χ0v) is 17.5. The number of hydrogen-bond acceptors (Lipinski definition) is 8. The van der Waals surface area contributed by atoms with Gasteiger partial charge in [0.15, 0.2) is 0 Å². The van der Waals surface area contributed by atoms with Gasteiger partial charge in [0.25, 0.3) is 0 Å². The molecule has 0 bridgehead atoms. The monoisotopic (exact) mass is 431 g/mol. The molecule has 0 aromatic carbocycles. The Hall–Kier alpha value is -2.28. The van der Waals surface area contributed by atoms with Crippen molar-refractivity contribution in [2.75, 3.05) is 72.2 Å². The second-order valence-electron chi connectivity index (χ2n) is 7.38. The average Bonchev–Trinajstić information content (AvgIpc) is 2.62. The zero-order chi connectivity index (χ0) is 22.5. The molecule has 1 fully saturated rings. The van der Waals surface area contributed by atoms with E-state index in [0.29, 0.717) is 26.2 Å². The van der Waals surface area contributed by atoms with E-state index in [1.54, 1.807) is 19.6 Å². The van der Waals surface area contributed by atoms with E-state index in [1.165, 1.54) is 0 Å². The number of unbranched alkanes of at least 4 members (excludes halogenated alkanes) is 1. The molecule has 4 N–H and O–H groups in total. The zero-order valence-electron chi connectivity index (χ0n) is 17.5. The SMILES string of the molecule is CCCCNC(=O)CN1CCN(CC(=O)O)CCN(CC(=O)O)CN(CC(=O)O)C1. The topological polar surface area (TPSA) is 154 Å². The molecule has 12 heteroatoms. The normalized spacial score (nSPS) is 18.0. The Kier molecular flexibility index (Phi) is 11.9. The summed E-state index contributed by atoms with van der Waals surface area (Å²) in [6, 6.07) is 0. The van der Waals surface area contributed by atoms with Crippen LogP contribution < -0.4 is 5.32 Å². The van der Waals surface area contributed by atoms with Crippen LogP contribution in [0.5, 0.6) is 0 Å². The summed E-state index contributed by atoms with van der Waals surface area (Å²) in [6.07, 6.45) is 1.80. The Labute approximate surface area is 176 Å². The van der Waals surface area contributed by atoms with Crippen molar-refractivity contribution in [2.45, 2.75) is 19.8 Å². The number of amides is 1.